The number of carbonyl (C=O) groups is 1. The molecule has 0 amide bonds. The number of pyridine rings is 1. The topological polar surface area (TPSA) is 51.7 Å². The normalized spacial score (nSPS) is 21.4. The largest absolute Gasteiger partial charge is 0.467 e. The number of ether oxygens (including phenoxy) is 2. The van der Waals surface area contributed by atoms with Crippen molar-refractivity contribution in [1.29, 1.82) is 0 Å². The van der Waals surface area contributed by atoms with Crippen molar-refractivity contribution in [3.8, 4) is 0 Å². The van der Waals surface area contributed by atoms with Gasteiger partial charge in [-0.3, -0.25) is 4.98 Å². The third-order valence-electron chi connectivity index (χ3n) is 4.12. The van der Waals surface area contributed by atoms with Gasteiger partial charge in [0.05, 0.1) is 30.8 Å². The molecule has 2 aromatic rings. The molecule has 1 aromatic heterocycles. The molecule has 134 valence electrons. The van der Waals surface area contributed by atoms with Gasteiger partial charge in [-0.1, -0.05) is 0 Å². The highest BCUT2D eigenvalue weighted by Crippen LogP contribution is 2.38. The van der Waals surface area contributed by atoms with E-state index < -0.39 is 23.8 Å². The van der Waals surface area contributed by atoms with E-state index in [1.54, 1.807) is 19.1 Å². The van der Waals surface area contributed by atoms with Gasteiger partial charge in [-0.2, -0.15) is 13.2 Å². The second-order valence-corrected chi connectivity index (χ2v) is 5.89. The fourth-order valence-electron chi connectivity index (χ4n) is 3.07. The molecule has 2 heterocycles. The molecule has 1 aliphatic rings. The van der Waals surface area contributed by atoms with Crippen LogP contribution in [0.2, 0.25) is 0 Å². The summed E-state index contributed by atoms with van der Waals surface area (Å²) >= 11 is 0. The van der Waals surface area contributed by atoms with Crippen molar-refractivity contribution >= 4 is 22.6 Å². The summed E-state index contributed by atoms with van der Waals surface area (Å²) in [7, 11) is 1.27. The van der Waals surface area contributed by atoms with Crippen molar-refractivity contribution in [2.24, 2.45) is 0 Å². The molecule has 0 unspecified atom stereocenters. The maximum Gasteiger partial charge on any atom is 0.418 e. The van der Waals surface area contributed by atoms with Crippen molar-refractivity contribution in [2.75, 3.05) is 25.1 Å². The highest BCUT2D eigenvalue weighted by atomic mass is 19.4. The number of esters is 1. The van der Waals surface area contributed by atoms with Crippen molar-refractivity contribution in [1.82, 2.24) is 4.98 Å². The maximum atomic E-state index is 13.2. The van der Waals surface area contributed by atoms with Crippen molar-refractivity contribution < 1.29 is 27.4 Å². The number of aromatic nitrogens is 1. The molecular formula is C17H17F3N2O3. The molecule has 0 aliphatic carbocycles. The van der Waals surface area contributed by atoms with Crippen molar-refractivity contribution in [2.45, 2.75) is 25.3 Å². The van der Waals surface area contributed by atoms with Gasteiger partial charge in [-0.15, -0.1) is 0 Å². The number of carbonyl (C=O) groups excluding carboxylic acids is 1. The van der Waals surface area contributed by atoms with E-state index in [4.69, 9.17) is 9.47 Å². The van der Waals surface area contributed by atoms with Crippen LogP contribution in [0.1, 0.15) is 12.5 Å². The average Bonchev–Trinajstić information content (AvgIpc) is 2.58. The second kappa shape index (κ2) is 6.51. The number of alkyl halides is 3. The maximum absolute atomic E-state index is 13.2. The Bertz CT molecular complexity index is 794. The third kappa shape index (κ3) is 3.39. The van der Waals surface area contributed by atoms with E-state index in [1.807, 2.05) is 4.90 Å². The summed E-state index contributed by atoms with van der Waals surface area (Å²) in [4.78, 5) is 17.6. The standard InChI is InChI=1S/C17H17F3N2O3/c1-10-8-22(9-14(25-10)16(23)24-2)13-6-5-12(17(18,19)20)15-11(13)4-3-7-21-15/h3-7,10,14H,8-9H2,1-2H3/t10-,14-/m1/s1. The van der Waals surface area contributed by atoms with Gasteiger partial charge in [0.1, 0.15) is 0 Å². The van der Waals surface area contributed by atoms with Gasteiger partial charge in [0.15, 0.2) is 6.10 Å². The van der Waals surface area contributed by atoms with Crippen LogP contribution in [-0.4, -0.2) is 43.4 Å². The molecule has 3 rings (SSSR count). The quantitative estimate of drug-likeness (QED) is 0.776. The Morgan fingerprint density at radius 2 is 2.08 bits per heavy atom. The monoisotopic (exact) mass is 354 g/mol. The number of rotatable bonds is 2. The van der Waals surface area contributed by atoms with Gasteiger partial charge in [0.25, 0.3) is 0 Å². The molecule has 5 nitrogen and oxygen atoms in total. The molecule has 0 spiro atoms. The summed E-state index contributed by atoms with van der Waals surface area (Å²) in [5, 5.41) is 0.384. The van der Waals surface area contributed by atoms with Gasteiger partial charge in [-0.05, 0) is 31.2 Å². The van der Waals surface area contributed by atoms with Crippen LogP contribution in [0.15, 0.2) is 30.5 Å². The average molecular weight is 354 g/mol. The zero-order chi connectivity index (χ0) is 18.2. The van der Waals surface area contributed by atoms with Crippen LogP contribution in [0.25, 0.3) is 10.9 Å². The first-order chi connectivity index (χ1) is 11.8. The minimum atomic E-state index is -4.49. The smallest absolute Gasteiger partial charge is 0.418 e. The van der Waals surface area contributed by atoms with Gasteiger partial charge in [0, 0.05) is 23.8 Å². The molecule has 1 aliphatic heterocycles. The third-order valence-corrected chi connectivity index (χ3v) is 4.12. The lowest BCUT2D eigenvalue weighted by Crippen LogP contribution is -2.50. The SMILES string of the molecule is COC(=O)[C@H]1CN(c2ccc(C(F)(F)F)c3ncccc23)C[C@@H](C)O1. The van der Waals surface area contributed by atoms with Crippen molar-refractivity contribution in [3.63, 3.8) is 0 Å². The molecule has 2 atom stereocenters. The van der Waals surface area contributed by atoms with Crippen molar-refractivity contribution in [3.05, 3.63) is 36.0 Å². The van der Waals surface area contributed by atoms with Crippen LogP contribution in [0.5, 0.6) is 0 Å². The molecule has 25 heavy (non-hydrogen) atoms. The summed E-state index contributed by atoms with van der Waals surface area (Å²) in [6.45, 7) is 2.45. The number of methoxy groups -OCH3 is 1. The second-order valence-electron chi connectivity index (χ2n) is 5.89. The van der Waals surface area contributed by atoms with E-state index in [0.717, 1.165) is 6.07 Å². The van der Waals surface area contributed by atoms with E-state index >= 15 is 0 Å². The van der Waals surface area contributed by atoms with E-state index in [0.29, 0.717) is 17.6 Å². The zero-order valence-corrected chi connectivity index (χ0v) is 13.7. The molecule has 1 aromatic carbocycles. The molecule has 0 N–H and O–H groups in total. The summed E-state index contributed by atoms with van der Waals surface area (Å²) < 4.78 is 50.0. The van der Waals surface area contributed by atoms with E-state index in [2.05, 4.69) is 4.98 Å². The Morgan fingerprint density at radius 1 is 1.32 bits per heavy atom. The summed E-state index contributed by atoms with van der Waals surface area (Å²) in [6, 6.07) is 5.63. The minimum absolute atomic E-state index is 0.110. The molecule has 8 heteroatoms. The number of hydrogen-bond acceptors (Lipinski definition) is 5. The number of morpholine rings is 1. The van der Waals surface area contributed by atoms with Crippen LogP contribution < -0.4 is 4.90 Å². The highest BCUT2D eigenvalue weighted by molar-refractivity contribution is 5.94. The highest BCUT2D eigenvalue weighted by Gasteiger charge is 2.36. The molecular weight excluding hydrogens is 337 g/mol. The van der Waals surface area contributed by atoms with Gasteiger partial charge in [-0.25, -0.2) is 4.79 Å². The van der Waals surface area contributed by atoms with E-state index in [-0.39, 0.29) is 18.2 Å². The Labute approximate surface area is 142 Å². The van der Waals surface area contributed by atoms with E-state index in [1.165, 1.54) is 19.4 Å². The Balaban J connectivity index is 2.05. The van der Waals surface area contributed by atoms with Gasteiger partial charge in [0.2, 0.25) is 0 Å². The minimum Gasteiger partial charge on any atom is -0.467 e. The number of nitrogens with zero attached hydrogens (tertiary/aromatic N) is 2. The number of hydrogen-bond donors (Lipinski definition) is 0. The summed E-state index contributed by atoms with van der Waals surface area (Å²) in [6.07, 6.45) is -4.21. The molecule has 0 bridgehead atoms. The predicted octanol–water partition coefficient (Wildman–Crippen LogP) is 3.02. The lowest BCUT2D eigenvalue weighted by molar-refractivity contribution is -0.158. The van der Waals surface area contributed by atoms with Gasteiger partial charge < -0.3 is 14.4 Å². The first-order valence-electron chi connectivity index (χ1n) is 7.74. The van der Waals surface area contributed by atoms with Crippen LogP contribution in [0, 0.1) is 0 Å². The van der Waals surface area contributed by atoms with Crippen LogP contribution >= 0.6 is 0 Å². The first kappa shape index (κ1) is 17.5. The number of anilines is 1. The Hall–Kier alpha value is -2.35. The molecule has 1 saturated heterocycles. The number of benzene rings is 1. The van der Waals surface area contributed by atoms with Crippen LogP contribution in [0.3, 0.4) is 0 Å². The summed E-state index contributed by atoms with van der Waals surface area (Å²) in [5.74, 6) is -0.508. The first-order valence-corrected chi connectivity index (χ1v) is 7.74. The lowest BCUT2D eigenvalue weighted by atomic mass is 10.1. The Morgan fingerprint density at radius 3 is 2.76 bits per heavy atom. The molecule has 0 radical (unpaired) electrons. The fraction of sp³-hybridized carbons (Fsp3) is 0.412. The van der Waals surface area contributed by atoms with Crippen LogP contribution in [-0.2, 0) is 20.4 Å². The zero-order valence-electron chi connectivity index (χ0n) is 13.7. The number of halogens is 3. The van der Waals surface area contributed by atoms with E-state index in [9.17, 15) is 18.0 Å². The predicted molar refractivity (Wildman–Crippen MR) is 85.3 cm³/mol. The fourth-order valence-corrected chi connectivity index (χ4v) is 3.07. The molecule has 1 fully saturated rings. The molecule has 0 saturated carbocycles. The van der Waals surface area contributed by atoms with Crippen LogP contribution in [0.4, 0.5) is 18.9 Å². The lowest BCUT2D eigenvalue weighted by Gasteiger charge is -2.37. The Kier molecular flexibility index (Phi) is 4.55. The summed E-state index contributed by atoms with van der Waals surface area (Å²) in [5.41, 5.74) is -0.306. The number of fused-ring (bicyclic) bond motifs is 1. The van der Waals surface area contributed by atoms with Gasteiger partial charge >= 0.3 is 12.1 Å².